The molecule has 3 heterocycles. The number of benzene rings is 1. The normalized spacial score (nSPS) is 17.9. The third-order valence-corrected chi connectivity index (χ3v) is 5.94. The molecule has 35 heavy (non-hydrogen) atoms. The molecule has 4 aromatic rings. The van der Waals surface area contributed by atoms with Crippen molar-refractivity contribution in [3.8, 4) is 11.4 Å². The fourth-order valence-electron chi connectivity index (χ4n) is 4.35. The van der Waals surface area contributed by atoms with Crippen LogP contribution in [0.1, 0.15) is 36.2 Å². The van der Waals surface area contributed by atoms with Crippen molar-refractivity contribution in [3.63, 3.8) is 0 Å². The molecule has 0 radical (unpaired) electrons. The third-order valence-electron chi connectivity index (χ3n) is 5.94. The van der Waals surface area contributed by atoms with Crippen LogP contribution in [-0.2, 0) is 0 Å². The molecule has 0 saturated heterocycles. The Morgan fingerprint density at radius 3 is 2.63 bits per heavy atom. The summed E-state index contributed by atoms with van der Waals surface area (Å²) in [5.74, 6) is -2.77. The monoisotopic (exact) mass is 483 g/mol. The van der Waals surface area contributed by atoms with Crippen molar-refractivity contribution in [3.05, 3.63) is 60.1 Å². The van der Waals surface area contributed by atoms with E-state index in [4.69, 9.17) is 5.11 Å². The van der Waals surface area contributed by atoms with Gasteiger partial charge in [0.15, 0.2) is 23.2 Å². The summed E-state index contributed by atoms with van der Waals surface area (Å²) < 4.78 is 42.4. The molecule has 2 atom stereocenters. The van der Waals surface area contributed by atoms with Crippen molar-refractivity contribution in [1.82, 2.24) is 24.9 Å². The van der Waals surface area contributed by atoms with Crippen LogP contribution in [0.5, 0.6) is 0 Å². The Hall–Kier alpha value is -4.22. The number of nitrogens with zero attached hydrogens (tertiary/aromatic N) is 4. The van der Waals surface area contributed by atoms with Crippen LogP contribution in [0.4, 0.5) is 24.8 Å². The van der Waals surface area contributed by atoms with Crippen LogP contribution in [0.25, 0.3) is 22.3 Å². The van der Waals surface area contributed by atoms with E-state index in [0.29, 0.717) is 17.8 Å². The fraction of sp³-hybridized carbons (Fsp3) is 0.261. The summed E-state index contributed by atoms with van der Waals surface area (Å²) in [5.41, 5.74) is 0.351. The Balaban J connectivity index is 1.34. The predicted octanol–water partition coefficient (Wildman–Crippen LogP) is 4.37. The van der Waals surface area contributed by atoms with Crippen LogP contribution in [0.2, 0.25) is 0 Å². The Morgan fingerprint density at radius 1 is 1.03 bits per heavy atom. The Labute approximate surface area is 196 Å². The van der Waals surface area contributed by atoms with Gasteiger partial charge in [-0.05, 0) is 31.7 Å². The van der Waals surface area contributed by atoms with Crippen LogP contribution in [0, 0.1) is 17.5 Å². The number of aromatic nitrogens is 5. The average molecular weight is 483 g/mol. The quantitative estimate of drug-likeness (QED) is 0.318. The second kappa shape index (κ2) is 9.20. The molecule has 5 rings (SSSR count). The van der Waals surface area contributed by atoms with Gasteiger partial charge in [0, 0.05) is 41.4 Å². The fourth-order valence-corrected chi connectivity index (χ4v) is 4.35. The van der Waals surface area contributed by atoms with Gasteiger partial charge in [-0.15, -0.1) is 0 Å². The molecular formula is C23H20F3N7O2. The zero-order valence-electron chi connectivity index (χ0n) is 18.2. The number of hydrogen-bond donors (Lipinski definition) is 4. The van der Waals surface area contributed by atoms with E-state index in [9.17, 15) is 18.0 Å². The van der Waals surface area contributed by atoms with Gasteiger partial charge >= 0.3 is 5.97 Å². The summed E-state index contributed by atoms with van der Waals surface area (Å²) in [6.45, 7) is 0. The first-order chi connectivity index (χ1) is 16.9. The highest BCUT2D eigenvalue weighted by Crippen LogP contribution is 2.30. The number of carboxylic acids is 1. The molecule has 4 N–H and O–H groups in total. The Kier molecular flexibility index (Phi) is 5.93. The molecule has 0 bridgehead atoms. The minimum absolute atomic E-state index is 0.0120. The summed E-state index contributed by atoms with van der Waals surface area (Å²) >= 11 is 0. The SMILES string of the molecule is O=C(O)c1cc(N[C@@H]2CCC[C@H](Nc3nc(-c4c[nH]c5c(F)cc(F)cc45)ncc3F)C2)ncn1. The first-order valence-corrected chi connectivity index (χ1v) is 10.9. The van der Waals surface area contributed by atoms with Gasteiger partial charge in [0.2, 0.25) is 0 Å². The van der Waals surface area contributed by atoms with Crippen LogP contribution in [0.3, 0.4) is 0 Å². The van der Waals surface area contributed by atoms with Crippen molar-refractivity contribution in [2.75, 3.05) is 10.6 Å². The van der Waals surface area contributed by atoms with E-state index >= 15 is 0 Å². The molecule has 1 aromatic carbocycles. The number of H-pyrrole nitrogens is 1. The lowest BCUT2D eigenvalue weighted by molar-refractivity contribution is 0.0690. The molecule has 12 heteroatoms. The van der Waals surface area contributed by atoms with E-state index in [1.165, 1.54) is 24.7 Å². The van der Waals surface area contributed by atoms with E-state index in [0.717, 1.165) is 31.5 Å². The van der Waals surface area contributed by atoms with Gasteiger partial charge < -0.3 is 20.7 Å². The molecular weight excluding hydrogens is 463 g/mol. The van der Waals surface area contributed by atoms with Crippen LogP contribution in [0.15, 0.2) is 36.9 Å². The Bertz CT molecular complexity index is 1410. The number of fused-ring (bicyclic) bond motifs is 1. The molecule has 3 aromatic heterocycles. The Morgan fingerprint density at radius 2 is 1.83 bits per heavy atom. The zero-order valence-corrected chi connectivity index (χ0v) is 18.2. The number of halogens is 3. The van der Waals surface area contributed by atoms with Crippen molar-refractivity contribution in [2.45, 2.75) is 37.8 Å². The van der Waals surface area contributed by atoms with Gasteiger partial charge in [0.1, 0.15) is 23.8 Å². The smallest absolute Gasteiger partial charge is 0.354 e. The zero-order chi connectivity index (χ0) is 24.5. The molecule has 1 saturated carbocycles. The average Bonchev–Trinajstić information content (AvgIpc) is 3.25. The van der Waals surface area contributed by atoms with Crippen molar-refractivity contribution >= 4 is 28.5 Å². The summed E-state index contributed by atoms with van der Waals surface area (Å²) in [5, 5.41) is 15.7. The number of hydrogen-bond acceptors (Lipinski definition) is 7. The molecule has 9 nitrogen and oxygen atoms in total. The van der Waals surface area contributed by atoms with E-state index < -0.39 is 23.4 Å². The maximum absolute atomic E-state index is 14.6. The van der Waals surface area contributed by atoms with Gasteiger partial charge in [0.25, 0.3) is 0 Å². The minimum Gasteiger partial charge on any atom is -0.477 e. The first kappa shape index (κ1) is 22.6. The summed E-state index contributed by atoms with van der Waals surface area (Å²) in [7, 11) is 0. The molecule has 0 aliphatic heterocycles. The topological polar surface area (TPSA) is 129 Å². The van der Waals surface area contributed by atoms with Crippen molar-refractivity contribution in [1.29, 1.82) is 0 Å². The minimum atomic E-state index is -1.14. The molecule has 1 aliphatic rings. The highest BCUT2D eigenvalue weighted by atomic mass is 19.1. The number of aromatic amines is 1. The second-order valence-electron chi connectivity index (χ2n) is 8.35. The van der Waals surface area contributed by atoms with Gasteiger partial charge in [-0.25, -0.2) is 37.9 Å². The van der Waals surface area contributed by atoms with Crippen LogP contribution in [-0.4, -0.2) is 48.1 Å². The molecule has 0 spiro atoms. The lowest BCUT2D eigenvalue weighted by atomic mass is 9.91. The largest absolute Gasteiger partial charge is 0.477 e. The molecule has 1 aliphatic carbocycles. The van der Waals surface area contributed by atoms with Gasteiger partial charge in [-0.3, -0.25) is 0 Å². The number of rotatable bonds is 6. The maximum atomic E-state index is 14.6. The summed E-state index contributed by atoms with van der Waals surface area (Å²) in [6.07, 6.45) is 6.70. The van der Waals surface area contributed by atoms with Gasteiger partial charge in [-0.1, -0.05) is 0 Å². The van der Waals surface area contributed by atoms with Gasteiger partial charge in [0.05, 0.1) is 11.7 Å². The summed E-state index contributed by atoms with van der Waals surface area (Å²) in [6, 6.07) is 3.16. The highest BCUT2D eigenvalue weighted by molar-refractivity contribution is 5.94. The van der Waals surface area contributed by atoms with E-state index in [1.807, 2.05) is 0 Å². The first-order valence-electron chi connectivity index (χ1n) is 10.9. The molecule has 0 unspecified atom stereocenters. The van der Waals surface area contributed by atoms with E-state index in [-0.39, 0.29) is 40.3 Å². The number of anilines is 2. The van der Waals surface area contributed by atoms with Crippen molar-refractivity contribution < 1.29 is 23.1 Å². The number of carbonyl (C=O) groups is 1. The van der Waals surface area contributed by atoms with Crippen LogP contribution >= 0.6 is 0 Å². The molecule has 0 amide bonds. The molecule has 1 fully saturated rings. The lowest BCUT2D eigenvalue weighted by Gasteiger charge is -2.31. The third kappa shape index (κ3) is 4.72. The van der Waals surface area contributed by atoms with E-state index in [2.05, 4.69) is 35.6 Å². The number of nitrogens with one attached hydrogen (secondary N) is 3. The standard InChI is InChI=1S/C23H20F3N7O2/c24-11-4-14-15(8-27-20(14)16(25)5-11)21-28-9-17(26)22(33-21)32-13-3-1-2-12(6-13)31-19-7-18(23(34)35)29-10-30-19/h4-5,7-10,12-13,27H,1-3,6H2,(H,34,35)(H,28,32,33)(H,29,30,31)/t12-,13+/m1/s1. The van der Waals surface area contributed by atoms with Crippen LogP contribution < -0.4 is 10.6 Å². The second-order valence-corrected chi connectivity index (χ2v) is 8.35. The summed E-state index contributed by atoms with van der Waals surface area (Å²) in [4.78, 5) is 30.0. The van der Waals surface area contributed by atoms with Gasteiger partial charge in [-0.2, -0.15) is 0 Å². The number of aromatic carboxylic acids is 1. The predicted molar refractivity (Wildman–Crippen MR) is 121 cm³/mol. The number of carboxylic acid groups (broad SMARTS) is 1. The van der Waals surface area contributed by atoms with Crippen molar-refractivity contribution in [2.24, 2.45) is 0 Å². The lowest BCUT2D eigenvalue weighted by Crippen LogP contribution is -2.35. The highest BCUT2D eigenvalue weighted by Gasteiger charge is 2.24. The van der Waals surface area contributed by atoms with E-state index in [1.54, 1.807) is 0 Å². The maximum Gasteiger partial charge on any atom is 0.354 e. The molecule has 180 valence electrons.